The van der Waals surface area contributed by atoms with Gasteiger partial charge in [-0.2, -0.15) is 0 Å². The molecule has 0 aliphatic heterocycles. The van der Waals surface area contributed by atoms with Crippen molar-refractivity contribution < 1.29 is 9.90 Å². The third kappa shape index (κ3) is 9.48. The van der Waals surface area contributed by atoms with Crippen LogP contribution in [0, 0.1) is 0 Å². The molecule has 0 aliphatic carbocycles. The molecule has 0 aromatic carbocycles. The Bertz CT molecular complexity index is 90.0. The summed E-state index contributed by atoms with van der Waals surface area (Å²) in [7, 11) is 0. The highest BCUT2D eigenvalue weighted by atomic mass is 79.9. The largest absolute Gasteiger partial charge is 0.478 e. The summed E-state index contributed by atoms with van der Waals surface area (Å²) >= 11 is 3.03. The van der Waals surface area contributed by atoms with Gasteiger partial charge in [0.15, 0.2) is 0 Å². The lowest BCUT2D eigenvalue weighted by Gasteiger charge is -1.72. The third-order valence-corrected chi connectivity index (χ3v) is 0.723. The zero-order valence-corrected chi connectivity index (χ0v) is 7.30. The summed E-state index contributed by atoms with van der Waals surface area (Å²) in [5.41, 5.74) is 0. The van der Waals surface area contributed by atoms with Crippen molar-refractivity contribution in [1.29, 1.82) is 0 Å². The minimum atomic E-state index is -0.903. The van der Waals surface area contributed by atoms with Crippen molar-refractivity contribution in [3.05, 3.63) is 12.2 Å². The standard InChI is InChI=1S/C4H5BrO2.BrH/c5-3-1-2-4(6)7;/h1-2H,3H2,(H,6,7);1H/b2-1+;. The molecule has 4 heteroatoms. The molecule has 8 heavy (non-hydrogen) atoms. The van der Waals surface area contributed by atoms with E-state index in [0.29, 0.717) is 5.33 Å². The first kappa shape index (κ1) is 11.0. The molecular weight excluding hydrogens is 240 g/mol. The summed E-state index contributed by atoms with van der Waals surface area (Å²) in [5, 5.41) is 8.53. The molecule has 0 saturated carbocycles. The summed E-state index contributed by atoms with van der Waals surface area (Å²) in [6.45, 7) is 0. The zero-order chi connectivity index (χ0) is 5.70. The van der Waals surface area contributed by atoms with E-state index in [-0.39, 0.29) is 17.0 Å². The predicted molar refractivity (Wildman–Crippen MR) is 40.9 cm³/mol. The highest BCUT2D eigenvalue weighted by molar-refractivity contribution is 9.09. The highest BCUT2D eigenvalue weighted by Gasteiger charge is 1.79. The van der Waals surface area contributed by atoms with E-state index >= 15 is 0 Å². The number of aliphatic carboxylic acids is 1. The smallest absolute Gasteiger partial charge is 0.328 e. The van der Waals surface area contributed by atoms with Crippen molar-refractivity contribution in [3.8, 4) is 0 Å². The number of halogens is 2. The molecule has 0 saturated heterocycles. The van der Waals surface area contributed by atoms with Crippen molar-refractivity contribution in [2.24, 2.45) is 0 Å². The number of allylic oxidation sites excluding steroid dienone is 1. The van der Waals surface area contributed by atoms with E-state index in [2.05, 4.69) is 15.9 Å². The second-order valence-corrected chi connectivity index (χ2v) is 1.54. The van der Waals surface area contributed by atoms with Crippen molar-refractivity contribution in [1.82, 2.24) is 0 Å². The number of carboxylic acids is 1. The molecule has 0 fully saturated rings. The van der Waals surface area contributed by atoms with Crippen LogP contribution in [0.4, 0.5) is 0 Å². The van der Waals surface area contributed by atoms with Crippen LogP contribution in [0.5, 0.6) is 0 Å². The van der Waals surface area contributed by atoms with Crippen LogP contribution < -0.4 is 0 Å². The Morgan fingerprint density at radius 1 is 1.75 bits per heavy atom. The summed E-state index contributed by atoms with van der Waals surface area (Å²) in [5.74, 6) is -0.903. The second-order valence-electron chi connectivity index (χ2n) is 0.895. The van der Waals surface area contributed by atoms with Crippen LogP contribution in [-0.2, 0) is 4.79 Å². The first-order chi connectivity index (χ1) is 3.27. The molecule has 0 unspecified atom stereocenters. The van der Waals surface area contributed by atoms with Crippen LogP contribution in [0.15, 0.2) is 12.2 Å². The Labute approximate surface area is 66.5 Å². The van der Waals surface area contributed by atoms with Crippen LogP contribution in [0.25, 0.3) is 0 Å². The first-order valence-corrected chi connectivity index (χ1v) is 2.85. The average molecular weight is 246 g/mol. The molecule has 2 nitrogen and oxygen atoms in total. The summed E-state index contributed by atoms with van der Waals surface area (Å²) < 4.78 is 0. The van der Waals surface area contributed by atoms with E-state index in [4.69, 9.17) is 5.11 Å². The molecule has 0 radical (unpaired) electrons. The number of hydrogen-bond donors (Lipinski definition) is 1. The van der Waals surface area contributed by atoms with Gasteiger partial charge in [-0.05, 0) is 0 Å². The summed E-state index contributed by atoms with van der Waals surface area (Å²) in [4.78, 5) is 9.65. The van der Waals surface area contributed by atoms with Crippen molar-refractivity contribution in [2.45, 2.75) is 0 Å². The van der Waals surface area contributed by atoms with Gasteiger partial charge in [-0.1, -0.05) is 22.0 Å². The fourth-order valence-electron chi connectivity index (χ4n) is 0.145. The molecule has 0 bridgehead atoms. The molecule has 0 spiro atoms. The van der Waals surface area contributed by atoms with Crippen LogP contribution in [0.1, 0.15) is 0 Å². The molecular formula is C4H6Br2O2. The van der Waals surface area contributed by atoms with Gasteiger partial charge in [-0.25, -0.2) is 4.79 Å². The Morgan fingerprint density at radius 3 is 2.38 bits per heavy atom. The van der Waals surface area contributed by atoms with Crippen molar-refractivity contribution in [2.75, 3.05) is 5.33 Å². The van der Waals surface area contributed by atoms with Crippen LogP contribution in [-0.4, -0.2) is 16.4 Å². The van der Waals surface area contributed by atoms with Gasteiger partial charge in [-0.15, -0.1) is 17.0 Å². The van der Waals surface area contributed by atoms with Crippen LogP contribution >= 0.6 is 32.9 Å². The maximum Gasteiger partial charge on any atom is 0.328 e. The van der Waals surface area contributed by atoms with Gasteiger partial charge in [0.25, 0.3) is 0 Å². The van der Waals surface area contributed by atoms with Gasteiger partial charge in [0, 0.05) is 11.4 Å². The molecule has 0 heterocycles. The first-order valence-electron chi connectivity index (χ1n) is 1.73. The Morgan fingerprint density at radius 2 is 2.25 bits per heavy atom. The van der Waals surface area contributed by atoms with Gasteiger partial charge in [0.1, 0.15) is 0 Å². The average Bonchev–Trinajstić information content (AvgIpc) is 1.61. The van der Waals surface area contributed by atoms with E-state index < -0.39 is 5.97 Å². The molecule has 0 atom stereocenters. The summed E-state index contributed by atoms with van der Waals surface area (Å²) in [6, 6.07) is 0. The Balaban J connectivity index is 0. The number of rotatable bonds is 2. The molecule has 0 aromatic rings. The third-order valence-electron chi connectivity index (χ3n) is 0.350. The van der Waals surface area contributed by atoms with E-state index in [1.54, 1.807) is 0 Å². The fourth-order valence-corrected chi connectivity index (χ4v) is 0.332. The van der Waals surface area contributed by atoms with Crippen LogP contribution in [0.2, 0.25) is 0 Å². The number of hydrogen-bond acceptors (Lipinski definition) is 1. The molecule has 0 aromatic heterocycles. The topological polar surface area (TPSA) is 37.3 Å². The fraction of sp³-hybridized carbons (Fsp3) is 0.250. The van der Waals surface area contributed by atoms with E-state index in [1.165, 1.54) is 6.08 Å². The number of carbonyl (C=O) groups is 1. The van der Waals surface area contributed by atoms with Crippen molar-refractivity contribution in [3.63, 3.8) is 0 Å². The normalized spacial score (nSPS) is 8.62. The molecule has 1 N–H and O–H groups in total. The maximum atomic E-state index is 9.65. The maximum absolute atomic E-state index is 9.65. The van der Waals surface area contributed by atoms with E-state index in [1.807, 2.05) is 0 Å². The lowest BCUT2D eigenvalue weighted by Crippen LogP contribution is -1.84. The van der Waals surface area contributed by atoms with Crippen molar-refractivity contribution >= 4 is 38.9 Å². The molecule has 48 valence electrons. The number of carboxylic acid groups (broad SMARTS) is 1. The lowest BCUT2D eigenvalue weighted by atomic mass is 10.5. The Hall–Kier alpha value is 0.170. The van der Waals surface area contributed by atoms with Crippen LogP contribution in [0.3, 0.4) is 0 Å². The monoisotopic (exact) mass is 244 g/mol. The quantitative estimate of drug-likeness (QED) is 0.593. The predicted octanol–water partition coefficient (Wildman–Crippen LogP) is 1.60. The molecule has 0 rings (SSSR count). The Kier molecular flexibility index (Phi) is 9.89. The lowest BCUT2D eigenvalue weighted by molar-refractivity contribution is -0.131. The van der Waals surface area contributed by atoms with Gasteiger partial charge in [0.2, 0.25) is 0 Å². The minimum absolute atomic E-state index is 0. The number of alkyl halides is 1. The SMILES string of the molecule is Br.O=C(O)/C=C/CBr. The van der Waals surface area contributed by atoms with Gasteiger partial charge >= 0.3 is 5.97 Å². The van der Waals surface area contributed by atoms with Gasteiger partial charge in [-0.3, -0.25) is 0 Å². The minimum Gasteiger partial charge on any atom is -0.478 e. The highest BCUT2D eigenvalue weighted by Crippen LogP contribution is 1.79. The zero-order valence-electron chi connectivity index (χ0n) is 4.00. The second kappa shape index (κ2) is 7.17. The molecule has 0 aliphatic rings. The molecule has 0 amide bonds. The van der Waals surface area contributed by atoms with Gasteiger partial charge < -0.3 is 5.11 Å². The van der Waals surface area contributed by atoms with E-state index in [9.17, 15) is 4.79 Å². The van der Waals surface area contributed by atoms with E-state index in [0.717, 1.165) is 6.08 Å². The van der Waals surface area contributed by atoms with Gasteiger partial charge in [0.05, 0.1) is 0 Å². The summed E-state index contributed by atoms with van der Waals surface area (Å²) in [6.07, 6.45) is 2.61.